The number of nitrogens with zero attached hydrogens (tertiary/aromatic N) is 2. The smallest absolute Gasteiger partial charge is 0.264 e. The van der Waals surface area contributed by atoms with Gasteiger partial charge in [-0.05, 0) is 24.5 Å². The minimum Gasteiger partial charge on any atom is -0.378 e. The summed E-state index contributed by atoms with van der Waals surface area (Å²) in [7, 11) is 0. The van der Waals surface area contributed by atoms with E-state index in [1.807, 2.05) is 11.0 Å². The minimum absolute atomic E-state index is 0.150. The van der Waals surface area contributed by atoms with Crippen molar-refractivity contribution in [2.24, 2.45) is 0 Å². The van der Waals surface area contributed by atoms with Gasteiger partial charge in [0.15, 0.2) is 0 Å². The predicted molar refractivity (Wildman–Crippen MR) is 107 cm³/mol. The molecule has 0 atom stereocenters. The molecule has 2 aliphatic rings. The average molecular weight is 371 g/mol. The van der Waals surface area contributed by atoms with Crippen molar-refractivity contribution in [2.45, 2.75) is 25.7 Å². The molecule has 26 heavy (non-hydrogen) atoms. The second-order valence-corrected chi connectivity index (χ2v) is 8.03. The molecule has 5 heteroatoms. The maximum atomic E-state index is 13.0. The van der Waals surface area contributed by atoms with Crippen LogP contribution in [0.3, 0.4) is 0 Å². The summed E-state index contributed by atoms with van der Waals surface area (Å²) >= 11 is 1.67. The number of ether oxygens (including phenoxy) is 1. The van der Waals surface area contributed by atoms with Gasteiger partial charge in [-0.2, -0.15) is 0 Å². The summed E-state index contributed by atoms with van der Waals surface area (Å²) in [6, 6.07) is 12.6. The molecule has 138 valence electrons. The number of thiophene rings is 1. The zero-order valence-electron chi connectivity index (χ0n) is 15.2. The van der Waals surface area contributed by atoms with E-state index in [0.29, 0.717) is 26.3 Å². The number of benzene rings is 1. The number of morpholine rings is 1. The van der Waals surface area contributed by atoms with Crippen LogP contribution in [0.4, 0.5) is 5.00 Å². The van der Waals surface area contributed by atoms with E-state index >= 15 is 0 Å². The largest absolute Gasteiger partial charge is 0.378 e. The van der Waals surface area contributed by atoms with Crippen LogP contribution in [0.1, 0.15) is 35.4 Å². The van der Waals surface area contributed by atoms with Crippen molar-refractivity contribution >= 4 is 22.2 Å². The molecule has 2 fully saturated rings. The van der Waals surface area contributed by atoms with Gasteiger partial charge in [0.2, 0.25) is 0 Å². The van der Waals surface area contributed by atoms with Gasteiger partial charge in [0.1, 0.15) is 0 Å². The predicted octanol–water partition coefficient (Wildman–Crippen LogP) is 4.27. The molecule has 0 spiro atoms. The Kier molecular flexibility index (Phi) is 5.56. The third kappa shape index (κ3) is 3.79. The van der Waals surface area contributed by atoms with Gasteiger partial charge in [-0.15, -0.1) is 11.3 Å². The Bertz CT molecular complexity index is 730. The highest BCUT2D eigenvalue weighted by molar-refractivity contribution is 7.18. The molecule has 0 saturated carbocycles. The fourth-order valence-electron chi connectivity index (χ4n) is 3.74. The highest BCUT2D eigenvalue weighted by Crippen LogP contribution is 2.40. The molecule has 2 aliphatic heterocycles. The number of rotatable bonds is 3. The van der Waals surface area contributed by atoms with Crippen LogP contribution >= 0.6 is 11.3 Å². The van der Waals surface area contributed by atoms with Crippen molar-refractivity contribution in [1.82, 2.24) is 4.90 Å². The van der Waals surface area contributed by atoms with Crippen LogP contribution in [-0.2, 0) is 4.74 Å². The summed E-state index contributed by atoms with van der Waals surface area (Å²) in [6.07, 6.45) is 5.09. The van der Waals surface area contributed by atoms with Crippen molar-refractivity contribution in [2.75, 3.05) is 44.3 Å². The van der Waals surface area contributed by atoms with Crippen LogP contribution in [0, 0.1) is 0 Å². The zero-order chi connectivity index (χ0) is 17.8. The van der Waals surface area contributed by atoms with E-state index in [-0.39, 0.29) is 5.91 Å². The Morgan fingerprint density at radius 2 is 1.62 bits per heavy atom. The van der Waals surface area contributed by atoms with E-state index in [2.05, 4.69) is 35.2 Å². The lowest BCUT2D eigenvalue weighted by Gasteiger charge is -2.26. The Morgan fingerprint density at radius 3 is 2.31 bits per heavy atom. The molecule has 4 nitrogen and oxygen atoms in total. The van der Waals surface area contributed by atoms with Gasteiger partial charge in [0, 0.05) is 31.7 Å². The van der Waals surface area contributed by atoms with Crippen molar-refractivity contribution in [3.8, 4) is 11.1 Å². The zero-order valence-corrected chi connectivity index (χ0v) is 16.0. The lowest BCUT2D eigenvalue weighted by atomic mass is 10.1. The van der Waals surface area contributed by atoms with E-state index in [1.54, 1.807) is 11.3 Å². The average Bonchev–Trinajstić information content (AvgIpc) is 2.97. The first-order valence-electron chi connectivity index (χ1n) is 9.64. The first-order chi connectivity index (χ1) is 12.8. The van der Waals surface area contributed by atoms with Crippen LogP contribution in [0.25, 0.3) is 11.1 Å². The fraction of sp³-hybridized carbons (Fsp3) is 0.476. The van der Waals surface area contributed by atoms with Crippen molar-refractivity contribution in [3.05, 3.63) is 41.3 Å². The van der Waals surface area contributed by atoms with Gasteiger partial charge >= 0.3 is 0 Å². The summed E-state index contributed by atoms with van der Waals surface area (Å²) in [6.45, 7) is 4.84. The fourth-order valence-corrected chi connectivity index (χ4v) is 4.94. The highest BCUT2D eigenvalue weighted by atomic mass is 32.1. The molecule has 0 N–H and O–H groups in total. The lowest BCUT2D eigenvalue weighted by Crippen LogP contribution is -2.40. The van der Waals surface area contributed by atoms with E-state index in [0.717, 1.165) is 18.0 Å². The molecule has 2 saturated heterocycles. The van der Waals surface area contributed by atoms with Gasteiger partial charge in [0.25, 0.3) is 5.91 Å². The molecule has 1 amide bonds. The summed E-state index contributed by atoms with van der Waals surface area (Å²) in [5, 5.41) is 1.26. The number of hydrogen-bond acceptors (Lipinski definition) is 4. The van der Waals surface area contributed by atoms with Crippen LogP contribution in [0.5, 0.6) is 0 Å². The molecule has 4 rings (SSSR count). The number of amides is 1. The SMILES string of the molecule is O=C(c1cc(-c2ccccc2)c(N2CCCCCC2)s1)N1CCOCC1. The summed E-state index contributed by atoms with van der Waals surface area (Å²) in [4.78, 5) is 18.3. The van der Waals surface area contributed by atoms with E-state index in [4.69, 9.17) is 4.74 Å². The highest BCUT2D eigenvalue weighted by Gasteiger charge is 2.25. The quantitative estimate of drug-likeness (QED) is 0.809. The first-order valence-corrected chi connectivity index (χ1v) is 10.5. The Morgan fingerprint density at radius 1 is 0.923 bits per heavy atom. The van der Waals surface area contributed by atoms with Crippen molar-refractivity contribution < 1.29 is 9.53 Å². The molecular weight excluding hydrogens is 344 g/mol. The molecule has 3 heterocycles. The van der Waals surface area contributed by atoms with Crippen LogP contribution < -0.4 is 4.90 Å². The van der Waals surface area contributed by atoms with Gasteiger partial charge in [0.05, 0.1) is 23.1 Å². The van der Waals surface area contributed by atoms with E-state index in [1.165, 1.54) is 41.8 Å². The monoisotopic (exact) mass is 370 g/mol. The summed E-state index contributed by atoms with van der Waals surface area (Å²) in [5.41, 5.74) is 2.40. The van der Waals surface area contributed by atoms with Gasteiger partial charge in [-0.1, -0.05) is 43.2 Å². The molecule has 2 aromatic rings. The van der Waals surface area contributed by atoms with Crippen molar-refractivity contribution in [3.63, 3.8) is 0 Å². The van der Waals surface area contributed by atoms with E-state index < -0.39 is 0 Å². The number of anilines is 1. The van der Waals surface area contributed by atoms with Gasteiger partial charge in [-0.25, -0.2) is 0 Å². The third-order valence-electron chi connectivity index (χ3n) is 5.20. The standard InChI is InChI=1S/C21H26N2O2S/c24-20(22-12-14-25-15-13-22)19-16-18(17-8-4-3-5-9-17)21(26-19)23-10-6-1-2-7-11-23/h3-5,8-9,16H,1-2,6-7,10-15H2. The molecule has 0 unspecified atom stereocenters. The Labute approximate surface area is 159 Å². The molecule has 0 bridgehead atoms. The Hall–Kier alpha value is -1.85. The number of carbonyl (C=O) groups excluding carboxylic acids is 1. The second-order valence-electron chi connectivity index (χ2n) is 7.00. The first kappa shape index (κ1) is 17.6. The number of carbonyl (C=O) groups is 1. The topological polar surface area (TPSA) is 32.8 Å². The second kappa shape index (κ2) is 8.23. The maximum absolute atomic E-state index is 13.0. The normalized spacial score (nSPS) is 18.6. The minimum atomic E-state index is 0.150. The van der Waals surface area contributed by atoms with Gasteiger partial charge in [-0.3, -0.25) is 4.79 Å². The molecule has 1 aromatic heterocycles. The van der Waals surface area contributed by atoms with Crippen LogP contribution in [0.15, 0.2) is 36.4 Å². The van der Waals surface area contributed by atoms with Gasteiger partial charge < -0.3 is 14.5 Å². The summed E-state index contributed by atoms with van der Waals surface area (Å²) in [5.74, 6) is 0.150. The molecule has 0 radical (unpaired) electrons. The Balaban J connectivity index is 1.68. The maximum Gasteiger partial charge on any atom is 0.264 e. The van der Waals surface area contributed by atoms with Crippen molar-refractivity contribution in [1.29, 1.82) is 0 Å². The van der Waals surface area contributed by atoms with Crippen LogP contribution in [0.2, 0.25) is 0 Å². The lowest BCUT2D eigenvalue weighted by molar-refractivity contribution is 0.0306. The van der Waals surface area contributed by atoms with Crippen LogP contribution in [-0.4, -0.2) is 50.2 Å². The molecular formula is C21H26N2O2S. The summed E-state index contributed by atoms with van der Waals surface area (Å²) < 4.78 is 5.39. The third-order valence-corrected chi connectivity index (χ3v) is 6.38. The molecule has 1 aromatic carbocycles. The number of hydrogen-bond donors (Lipinski definition) is 0. The van der Waals surface area contributed by atoms with E-state index in [9.17, 15) is 4.79 Å². The molecule has 0 aliphatic carbocycles.